The van der Waals surface area contributed by atoms with Crippen LogP contribution in [0, 0.1) is 0 Å². The van der Waals surface area contributed by atoms with Crippen molar-refractivity contribution in [2.45, 2.75) is 424 Å². The van der Waals surface area contributed by atoms with E-state index in [9.17, 15) is 19.2 Å². The summed E-state index contributed by atoms with van der Waals surface area (Å²) in [6, 6.07) is 6.93. The number of carbonyl (C=O) groups excluding carboxylic acids is 4. The third-order valence-electron chi connectivity index (χ3n) is 19.2. The molecule has 0 aromatic heterocycles. The average molecular weight is 1290 g/mol. The van der Waals surface area contributed by atoms with E-state index < -0.39 is 11.9 Å². The number of ether oxygens (including phenoxy) is 4. The molecule has 1 rings (SSSR count). The molecule has 0 amide bonds. The smallest absolute Gasteiger partial charge is 0.339 e. The lowest BCUT2D eigenvalue weighted by molar-refractivity contribution is -0.138. The van der Waals surface area contributed by atoms with Crippen molar-refractivity contribution in [3.8, 4) is 0 Å². The fourth-order valence-electron chi connectivity index (χ4n) is 13.2. The number of hydrogen-bond acceptors (Lipinski definition) is 8. The molecule has 8 heteroatoms. The lowest BCUT2D eigenvalue weighted by Gasteiger charge is -2.10. The summed E-state index contributed by atoms with van der Waals surface area (Å²) in [5.41, 5.74) is 0.619. The summed E-state index contributed by atoms with van der Waals surface area (Å²) in [6.07, 6.45) is 90.9. The molecule has 0 aliphatic rings. The summed E-state index contributed by atoms with van der Waals surface area (Å²) in [7, 11) is 0. The Morgan fingerprint density at radius 2 is 0.326 bits per heavy atom. The van der Waals surface area contributed by atoms with Crippen LogP contribution in [-0.2, 0) is 28.5 Å². The van der Waals surface area contributed by atoms with E-state index in [1.807, 2.05) is 0 Å². The fourth-order valence-corrected chi connectivity index (χ4v) is 13.2. The molecule has 0 saturated carbocycles. The van der Waals surface area contributed by atoms with E-state index in [-0.39, 0.29) is 11.9 Å². The van der Waals surface area contributed by atoms with E-state index in [1.165, 1.54) is 385 Å². The van der Waals surface area contributed by atoms with E-state index in [2.05, 4.69) is 13.2 Å². The predicted octanol–water partition coefficient (Wildman–Crippen LogP) is 27.2. The Bertz CT molecular complexity index is 1630. The highest BCUT2D eigenvalue weighted by atomic mass is 16.5. The van der Waals surface area contributed by atoms with Gasteiger partial charge in [0.2, 0.25) is 0 Å². The Kier molecular flexibility index (Phi) is 69.1. The van der Waals surface area contributed by atoms with Gasteiger partial charge in [-0.15, -0.1) is 0 Å². The Morgan fingerprint density at radius 3 is 0.457 bits per heavy atom. The molecule has 0 spiro atoms. The van der Waals surface area contributed by atoms with E-state index in [1.54, 1.807) is 24.3 Å². The molecule has 0 N–H and O–H groups in total. The molecule has 0 bridgehead atoms. The second-order valence-corrected chi connectivity index (χ2v) is 27.9. The van der Waals surface area contributed by atoms with E-state index in [0.717, 1.165) is 51.4 Å². The third-order valence-corrected chi connectivity index (χ3v) is 19.2. The zero-order valence-corrected chi connectivity index (χ0v) is 60.6. The maximum absolute atomic E-state index is 13.0. The molecule has 0 fully saturated rings. The van der Waals surface area contributed by atoms with Gasteiger partial charge in [0.25, 0.3) is 0 Å². The van der Waals surface area contributed by atoms with Crippen LogP contribution >= 0.6 is 0 Å². The highest BCUT2D eigenvalue weighted by Gasteiger charge is 2.19. The predicted molar refractivity (Wildman–Crippen MR) is 394 cm³/mol. The molecule has 8 nitrogen and oxygen atoms in total. The van der Waals surface area contributed by atoms with Gasteiger partial charge in [-0.3, -0.25) is 0 Å². The summed E-state index contributed by atoms with van der Waals surface area (Å²) in [4.78, 5) is 48.0. The maximum atomic E-state index is 13.0. The molecule has 1 aromatic rings. The molecule has 534 valence electrons. The largest absolute Gasteiger partial charge is 0.463 e. The highest BCUT2D eigenvalue weighted by molar-refractivity contribution is 6.03. The van der Waals surface area contributed by atoms with E-state index in [0.29, 0.717) is 37.6 Å². The summed E-state index contributed by atoms with van der Waals surface area (Å²) < 4.78 is 21.3. The number of esters is 4. The van der Waals surface area contributed by atoms with Crippen molar-refractivity contribution < 1.29 is 38.1 Å². The van der Waals surface area contributed by atoms with E-state index in [4.69, 9.17) is 18.9 Å². The van der Waals surface area contributed by atoms with Crippen LogP contribution < -0.4 is 0 Å². The molecular weight excluding hydrogens is 1140 g/mol. The number of rotatable bonds is 76. The molecule has 0 atom stereocenters. The Labute approximate surface area is 570 Å². The van der Waals surface area contributed by atoms with E-state index >= 15 is 0 Å². The zero-order chi connectivity index (χ0) is 66.0. The molecule has 92 heavy (non-hydrogen) atoms. The van der Waals surface area contributed by atoms with Crippen LogP contribution in [0.4, 0.5) is 0 Å². The number of benzene rings is 1. The number of carbonyl (C=O) groups is 4. The first-order chi connectivity index (χ1) is 45.5. The zero-order valence-electron chi connectivity index (χ0n) is 60.6. The summed E-state index contributed by atoms with van der Waals surface area (Å²) in [5, 5.41) is 0. The Morgan fingerprint density at radius 1 is 0.207 bits per heavy atom. The van der Waals surface area contributed by atoms with Crippen molar-refractivity contribution in [3.63, 3.8) is 0 Å². The van der Waals surface area contributed by atoms with Gasteiger partial charge in [-0.2, -0.15) is 0 Å². The second kappa shape index (κ2) is 73.4. The first kappa shape index (κ1) is 86.6. The van der Waals surface area contributed by atoms with Crippen molar-refractivity contribution in [2.24, 2.45) is 0 Å². The first-order valence-electron chi connectivity index (χ1n) is 40.5. The summed E-state index contributed by atoms with van der Waals surface area (Å²) in [5.74, 6) is -1.46. The van der Waals surface area contributed by atoms with Gasteiger partial charge < -0.3 is 18.9 Å². The van der Waals surface area contributed by atoms with Gasteiger partial charge >= 0.3 is 23.9 Å². The normalized spacial score (nSPS) is 11.3. The maximum Gasteiger partial charge on any atom is 0.339 e. The minimum absolute atomic E-state index is 0.304. The quantitative estimate of drug-likeness (QED) is 0.0275. The van der Waals surface area contributed by atoms with Crippen LogP contribution in [0.2, 0.25) is 0 Å². The van der Waals surface area contributed by atoms with Crippen LogP contribution in [0.5, 0.6) is 0 Å². The molecule has 0 aliphatic carbocycles. The molecule has 0 aliphatic heterocycles. The van der Waals surface area contributed by atoms with Crippen LogP contribution in [0.25, 0.3) is 0 Å². The Balaban J connectivity index is 1.78. The lowest BCUT2D eigenvalue weighted by Crippen LogP contribution is -2.15. The molecule has 0 radical (unpaired) electrons. The Hall–Kier alpha value is -3.42. The average Bonchev–Trinajstić information content (AvgIpc) is 2.00. The first-order valence-corrected chi connectivity index (χ1v) is 40.5. The number of hydrogen-bond donors (Lipinski definition) is 0. The molecule has 0 saturated heterocycles. The second-order valence-electron chi connectivity index (χ2n) is 27.9. The van der Waals surface area contributed by atoms with Gasteiger partial charge in [0.1, 0.15) is 0 Å². The topological polar surface area (TPSA) is 105 Å². The minimum atomic E-state index is -0.427. The van der Waals surface area contributed by atoms with Crippen LogP contribution in [0.3, 0.4) is 0 Å². The minimum Gasteiger partial charge on any atom is -0.463 e. The van der Waals surface area contributed by atoms with Gasteiger partial charge in [0.05, 0.1) is 37.6 Å². The van der Waals surface area contributed by atoms with Crippen molar-refractivity contribution in [3.05, 3.63) is 60.7 Å². The van der Waals surface area contributed by atoms with Crippen molar-refractivity contribution in [2.75, 3.05) is 26.4 Å². The number of unbranched alkanes of at least 4 members (excludes halogenated alkanes) is 64. The van der Waals surface area contributed by atoms with Gasteiger partial charge in [0.15, 0.2) is 0 Å². The van der Waals surface area contributed by atoms with Gasteiger partial charge in [-0.1, -0.05) is 423 Å². The fraction of sp³-hybridized carbons (Fsp3) is 0.833. The van der Waals surface area contributed by atoms with Gasteiger partial charge in [-0.25, -0.2) is 19.2 Å². The molecule has 0 unspecified atom stereocenters. The monoisotopic (exact) mass is 1290 g/mol. The highest BCUT2D eigenvalue weighted by Crippen LogP contribution is 2.21. The summed E-state index contributed by atoms with van der Waals surface area (Å²) >= 11 is 0. The van der Waals surface area contributed by atoms with Crippen LogP contribution in [0.1, 0.15) is 444 Å². The molecule has 0 heterocycles. The summed E-state index contributed by atoms with van der Waals surface area (Å²) in [6.45, 7) is 8.70. The molecule has 1 aromatic carbocycles. The SMILES string of the molecule is C=CC(=O)OCCCCCCCCCCCCCCCCCCCCCCCCCCCCCCCCCCCOC(=O)c1ccccc1C(=O)OCCCCCCCCCCCCCCCCCCCCCCCCCCCCCCCCCCCOC(=O)C=C. The van der Waals surface area contributed by atoms with Crippen LogP contribution in [-0.4, -0.2) is 50.3 Å². The van der Waals surface area contributed by atoms with Crippen molar-refractivity contribution >= 4 is 23.9 Å². The molecular formula is C84H150O8. The van der Waals surface area contributed by atoms with Gasteiger partial charge in [-0.05, 0) is 37.8 Å². The lowest BCUT2D eigenvalue weighted by atomic mass is 10.0. The van der Waals surface area contributed by atoms with Crippen molar-refractivity contribution in [1.29, 1.82) is 0 Å². The third kappa shape index (κ3) is 63.9. The van der Waals surface area contributed by atoms with Crippen LogP contribution in [0.15, 0.2) is 49.6 Å². The standard InChI is InChI=1S/C84H150O8/c1-3-81(85)89-75-69-63-59-55-51-47-43-39-35-31-27-23-19-15-11-7-5-9-13-17-21-25-29-33-37-41-45-49-53-57-61-65-71-77-91-83(87)79-73-67-68-74-80(79)84(88)92-78-72-66-62-58-54-50-46-42-38-34-30-26-22-18-14-10-6-8-12-16-20-24-28-32-36-40-44-48-52-56-60-64-70-76-90-82(86)4-2/h3-4,67-68,73-74H,1-2,5-66,69-72,75-78H2. The van der Waals surface area contributed by atoms with Gasteiger partial charge in [0, 0.05) is 12.2 Å². The van der Waals surface area contributed by atoms with Crippen molar-refractivity contribution in [1.82, 2.24) is 0 Å².